The van der Waals surface area contributed by atoms with Crippen molar-refractivity contribution >= 4 is 17.5 Å². The normalized spacial score (nSPS) is 17.4. The number of amides is 1. The fourth-order valence-corrected chi connectivity index (χ4v) is 4.51. The molecule has 2 aromatic carbocycles. The Morgan fingerprint density at radius 1 is 0.971 bits per heavy atom. The molecule has 180 valence electrons. The first kappa shape index (κ1) is 23.9. The van der Waals surface area contributed by atoms with Crippen molar-refractivity contribution in [2.45, 2.75) is 19.5 Å². The molecule has 4 rings (SSSR count). The summed E-state index contributed by atoms with van der Waals surface area (Å²) in [6.45, 7) is 1.91. The van der Waals surface area contributed by atoms with Crippen LogP contribution in [0.1, 0.15) is 33.1 Å². The van der Waals surface area contributed by atoms with Gasteiger partial charge in [0.05, 0.1) is 33.9 Å². The van der Waals surface area contributed by atoms with Crippen molar-refractivity contribution in [3.05, 3.63) is 83.2 Å². The number of aryl methyl sites for hydroxylation is 1. The Morgan fingerprint density at radius 3 is 2.31 bits per heavy atom. The van der Waals surface area contributed by atoms with E-state index < -0.39 is 29.4 Å². The monoisotopic (exact) mass is 475 g/mol. The molecule has 1 N–H and O–H groups in total. The number of likely N-dealkylation sites (tertiary alicyclic amines) is 1. The van der Waals surface area contributed by atoms with Crippen LogP contribution in [-0.4, -0.2) is 43.7 Å². The number of nitrogens with zero attached hydrogens (tertiary/aromatic N) is 1. The quantitative estimate of drug-likeness (QED) is 0.282. The molecule has 2 atom stereocenters. The Hall–Kier alpha value is -4.20. The third-order valence-electron chi connectivity index (χ3n) is 6.27. The first-order chi connectivity index (χ1) is 16.9. The smallest absolute Gasteiger partial charge is 0.291 e. The number of methoxy groups -OCH3 is 3. The van der Waals surface area contributed by atoms with Gasteiger partial charge in [0.1, 0.15) is 23.2 Å². The fraction of sp³-hybridized carbons (Fsp3) is 0.259. The van der Waals surface area contributed by atoms with Gasteiger partial charge in [-0.1, -0.05) is 0 Å². The minimum atomic E-state index is -1.25. The van der Waals surface area contributed by atoms with Crippen LogP contribution in [0, 0.1) is 12.8 Å². The molecule has 8 heteroatoms. The summed E-state index contributed by atoms with van der Waals surface area (Å²) < 4.78 is 16.2. The molecular weight excluding hydrogens is 448 g/mol. The number of hydrogen-bond acceptors (Lipinski definition) is 6. The van der Waals surface area contributed by atoms with Gasteiger partial charge in [-0.05, 0) is 55.0 Å². The predicted octanol–water partition coefficient (Wildman–Crippen LogP) is 2.99. The third kappa shape index (κ3) is 4.47. The van der Waals surface area contributed by atoms with Crippen LogP contribution in [0.3, 0.4) is 0 Å². The first-order valence-electron chi connectivity index (χ1n) is 11.1. The molecule has 0 aliphatic carbocycles. The summed E-state index contributed by atoms with van der Waals surface area (Å²) in [5, 5.41) is 0. The first-order valence-corrected chi connectivity index (χ1v) is 11.1. The van der Waals surface area contributed by atoms with E-state index in [0.717, 1.165) is 5.56 Å². The van der Waals surface area contributed by atoms with Gasteiger partial charge in [-0.2, -0.15) is 0 Å². The van der Waals surface area contributed by atoms with E-state index in [2.05, 4.69) is 4.98 Å². The number of pyridine rings is 1. The Kier molecular flexibility index (Phi) is 6.82. The number of hydrogen-bond donors (Lipinski definition) is 0. The number of Topliss-reactive ketones (excluding diaryl/α,β-unsaturated/α-hetero) is 2. The summed E-state index contributed by atoms with van der Waals surface area (Å²) >= 11 is 0. The molecule has 3 aromatic rings. The van der Waals surface area contributed by atoms with Gasteiger partial charge >= 0.3 is 0 Å². The lowest BCUT2D eigenvalue weighted by Crippen LogP contribution is -2.31. The van der Waals surface area contributed by atoms with Crippen molar-refractivity contribution in [1.29, 1.82) is 0 Å². The van der Waals surface area contributed by atoms with Crippen LogP contribution in [0.5, 0.6) is 17.2 Å². The number of ketones is 2. The van der Waals surface area contributed by atoms with Gasteiger partial charge in [0.2, 0.25) is 5.78 Å². The van der Waals surface area contributed by atoms with Crippen LogP contribution in [0.25, 0.3) is 0 Å². The Balaban J connectivity index is 1.86. The number of aromatic amines is 1. The van der Waals surface area contributed by atoms with Crippen molar-refractivity contribution in [3.63, 3.8) is 0 Å². The van der Waals surface area contributed by atoms with E-state index in [1.165, 1.54) is 19.1 Å². The van der Waals surface area contributed by atoms with Gasteiger partial charge in [-0.15, -0.1) is 0 Å². The molecule has 1 saturated heterocycles. The minimum Gasteiger partial charge on any atom is -0.497 e. The van der Waals surface area contributed by atoms with Gasteiger partial charge in [0.15, 0.2) is 18.2 Å². The number of benzene rings is 2. The summed E-state index contributed by atoms with van der Waals surface area (Å²) in [4.78, 5) is 44.9. The van der Waals surface area contributed by atoms with E-state index >= 15 is 0 Å². The zero-order valence-corrected chi connectivity index (χ0v) is 20.0. The van der Waals surface area contributed by atoms with Crippen LogP contribution in [0.15, 0.2) is 60.9 Å². The second-order valence-electron chi connectivity index (χ2n) is 8.28. The van der Waals surface area contributed by atoms with E-state index in [1.54, 1.807) is 62.8 Å². The fourth-order valence-electron chi connectivity index (χ4n) is 4.51. The highest BCUT2D eigenvalue weighted by Gasteiger charge is 2.52. The molecule has 35 heavy (non-hydrogen) atoms. The number of aromatic nitrogens is 1. The van der Waals surface area contributed by atoms with E-state index in [-0.39, 0.29) is 6.54 Å². The molecule has 2 heterocycles. The summed E-state index contributed by atoms with van der Waals surface area (Å²) in [5.74, 6) is -1.57. The Morgan fingerprint density at radius 2 is 1.69 bits per heavy atom. The van der Waals surface area contributed by atoms with Gasteiger partial charge in [0.25, 0.3) is 5.91 Å². The zero-order chi connectivity index (χ0) is 25.1. The zero-order valence-electron chi connectivity index (χ0n) is 20.0. The van der Waals surface area contributed by atoms with Crippen molar-refractivity contribution in [2.24, 2.45) is 5.92 Å². The maximum absolute atomic E-state index is 13.8. The summed E-state index contributed by atoms with van der Waals surface area (Å²) in [5.41, 5.74) is 2.32. The average Bonchev–Trinajstić information content (AvgIpc) is 3.13. The average molecular weight is 476 g/mol. The van der Waals surface area contributed by atoms with Gasteiger partial charge in [0, 0.05) is 22.8 Å². The van der Waals surface area contributed by atoms with Crippen molar-refractivity contribution < 1.29 is 33.6 Å². The maximum atomic E-state index is 13.8. The van der Waals surface area contributed by atoms with Crippen molar-refractivity contribution in [2.75, 3.05) is 21.3 Å². The number of ether oxygens (including phenoxy) is 3. The molecule has 0 radical (unpaired) electrons. The molecule has 1 aliphatic heterocycles. The second-order valence-corrected chi connectivity index (χ2v) is 8.28. The van der Waals surface area contributed by atoms with Crippen molar-refractivity contribution in [1.82, 2.24) is 4.90 Å². The van der Waals surface area contributed by atoms with Crippen LogP contribution >= 0.6 is 0 Å². The molecule has 0 saturated carbocycles. The highest BCUT2D eigenvalue weighted by molar-refractivity contribution is 6.44. The molecular formula is C27H27N2O6+. The standard InChI is InChI=1S/C27H26N2O6/c1-16-12-18(33-2)7-9-20(16)25(30)23-24(21-13-19(34-3)8-10-22(21)35-4)29(27(32)26(23)31)15-17-6-5-11-28-14-17/h5-14,23-24H,15H2,1-4H3/p+1. The summed E-state index contributed by atoms with van der Waals surface area (Å²) in [6.07, 6.45) is 3.50. The lowest BCUT2D eigenvalue weighted by atomic mass is 9.84. The number of H-pyrrole nitrogens is 1. The van der Waals surface area contributed by atoms with Crippen LogP contribution in [0.2, 0.25) is 0 Å². The minimum absolute atomic E-state index is 0.137. The van der Waals surface area contributed by atoms with Crippen molar-refractivity contribution in [3.8, 4) is 17.2 Å². The van der Waals surface area contributed by atoms with Gasteiger partial charge in [-0.25, -0.2) is 4.98 Å². The molecule has 2 unspecified atom stereocenters. The lowest BCUT2D eigenvalue weighted by Gasteiger charge is -2.28. The molecule has 1 amide bonds. The summed E-state index contributed by atoms with van der Waals surface area (Å²) in [7, 11) is 4.57. The summed E-state index contributed by atoms with van der Waals surface area (Å²) in [6, 6.07) is 12.9. The number of nitrogens with one attached hydrogen (secondary N) is 1. The van der Waals surface area contributed by atoms with Crippen LogP contribution in [0.4, 0.5) is 0 Å². The van der Waals surface area contributed by atoms with Gasteiger partial charge in [-0.3, -0.25) is 14.4 Å². The second kappa shape index (κ2) is 9.97. The van der Waals surface area contributed by atoms with E-state index in [4.69, 9.17) is 14.2 Å². The predicted molar refractivity (Wildman–Crippen MR) is 126 cm³/mol. The molecule has 1 aliphatic rings. The number of rotatable bonds is 8. The maximum Gasteiger partial charge on any atom is 0.291 e. The van der Waals surface area contributed by atoms with E-state index in [1.807, 2.05) is 12.1 Å². The van der Waals surface area contributed by atoms with E-state index in [0.29, 0.717) is 33.9 Å². The molecule has 8 nitrogen and oxygen atoms in total. The van der Waals surface area contributed by atoms with Crippen LogP contribution < -0.4 is 19.2 Å². The molecule has 0 spiro atoms. The molecule has 0 bridgehead atoms. The van der Waals surface area contributed by atoms with Gasteiger partial charge < -0.3 is 19.1 Å². The number of carbonyl (C=O) groups excluding carboxylic acids is 3. The largest absolute Gasteiger partial charge is 0.497 e. The Bertz CT molecular complexity index is 1270. The molecule has 1 fully saturated rings. The van der Waals surface area contributed by atoms with Crippen LogP contribution in [-0.2, 0) is 16.1 Å². The highest BCUT2D eigenvalue weighted by atomic mass is 16.5. The topological polar surface area (TPSA) is 96.3 Å². The highest BCUT2D eigenvalue weighted by Crippen LogP contribution is 2.44. The molecule has 1 aromatic heterocycles. The number of carbonyl (C=O) groups is 3. The Labute approximate surface area is 203 Å². The SMILES string of the molecule is COc1ccc(C(=O)C2C(=O)C(=O)N(Cc3ccc[nH+]c3)C2c2cc(OC)ccc2OC)c(C)c1. The third-order valence-corrected chi connectivity index (χ3v) is 6.27. The lowest BCUT2D eigenvalue weighted by molar-refractivity contribution is -0.378. The van der Waals surface area contributed by atoms with E-state index in [9.17, 15) is 14.4 Å².